The number of nitrogens with two attached hydrogens (primary N) is 1. The predicted molar refractivity (Wildman–Crippen MR) is 93.6 cm³/mol. The highest BCUT2D eigenvalue weighted by Crippen LogP contribution is 2.19. The summed E-state index contributed by atoms with van der Waals surface area (Å²) in [6, 6.07) is 11.5. The van der Waals surface area contributed by atoms with E-state index >= 15 is 0 Å². The zero-order valence-electron chi connectivity index (χ0n) is 13.3. The SMILES string of the molecule is CC(=O)Nc1ccc(NC(=O)C(=O)Nc2ccc(C)cc2N)cc1. The van der Waals surface area contributed by atoms with Gasteiger partial charge in [0.05, 0.1) is 11.4 Å². The smallest absolute Gasteiger partial charge is 0.314 e. The average Bonchev–Trinajstić information content (AvgIpc) is 2.51. The standard InChI is InChI=1S/C17H18N4O3/c1-10-3-8-15(14(18)9-10)21-17(24)16(23)20-13-6-4-12(5-7-13)19-11(2)22/h3-9H,18H2,1-2H3,(H,19,22)(H,20,23)(H,21,24). The number of benzene rings is 2. The molecule has 0 aliphatic heterocycles. The van der Waals surface area contributed by atoms with Gasteiger partial charge in [0, 0.05) is 18.3 Å². The van der Waals surface area contributed by atoms with Crippen LogP contribution in [0, 0.1) is 6.92 Å². The van der Waals surface area contributed by atoms with Gasteiger partial charge >= 0.3 is 11.8 Å². The quantitative estimate of drug-likeness (QED) is 0.511. The van der Waals surface area contributed by atoms with Crippen LogP contribution in [0.4, 0.5) is 22.7 Å². The summed E-state index contributed by atoms with van der Waals surface area (Å²) in [5.74, 6) is -1.83. The van der Waals surface area contributed by atoms with Crippen LogP contribution in [-0.4, -0.2) is 17.7 Å². The van der Waals surface area contributed by atoms with Crippen molar-refractivity contribution >= 4 is 40.5 Å². The summed E-state index contributed by atoms with van der Waals surface area (Å²) >= 11 is 0. The maximum atomic E-state index is 11.9. The Kier molecular flexibility index (Phi) is 5.16. The largest absolute Gasteiger partial charge is 0.397 e. The fraction of sp³-hybridized carbons (Fsp3) is 0.118. The van der Waals surface area contributed by atoms with Gasteiger partial charge in [0.1, 0.15) is 0 Å². The normalized spacial score (nSPS) is 9.92. The van der Waals surface area contributed by atoms with E-state index in [1.165, 1.54) is 6.92 Å². The first-order valence-corrected chi connectivity index (χ1v) is 7.21. The van der Waals surface area contributed by atoms with E-state index in [9.17, 15) is 14.4 Å². The van der Waals surface area contributed by atoms with E-state index in [-0.39, 0.29) is 5.91 Å². The first-order chi connectivity index (χ1) is 11.3. The minimum absolute atomic E-state index is 0.193. The van der Waals surface area contributed by atoms with Gasteiger partial charge in [-0.15, -0.1) is 0 Å². The molecule has 0 heterocycles. The molecule has 124 valence electrons. The van der Waals surface area contributed by atoms with Crippen LogP contribution in [0.15, 0.2) is 42.5 Å². The van der Waals surface area contributed by atoms with Gasteiger partial charge in [-0.25, -0.2) is 0 Å². The third-order valence-electron chi connectivity index (χ3n) is 3.12. The maximum absolute atomic E-state index is 11.9. The van der Waals surface area contributed by atoms with Crippen LogP contribution in [0.2, 0.25) is 0 Å². The molecular weight excluding hydrogens is 308 g/mol. The molecule has 0 spiro atoms. The van der Waals surface area contributed by atoms with Crippen LogP contribution in [-0.2, 0) is 14.4 Å². The Morgan fingerprint density at radius 3 is 1.92 bits per heavy atom. The number of carbonyl (C=O) groups excluding carboxylic acids is 3. The Bertz CT molecular complexity index is 785. The number of hydrogen-bond acceptors (Lipinski definition) is 4. The van der Waals surface area contributed by atoms with Gasteiger partial charge in [-0.2, -0.15) is 0 Å². The fourth-order valence-corrected chi connectivity index (χ4v) is 2.00. The van der Waals surface area contributed by atoms with Crippen LogP contribution in [0.1, 0.15) is 12.5 Å². The summed E-state index contributed by atoms with van der Waals surface area (Å²) in [7, 11) is 0. The van der Waals surface area contributed by atoms with Crippen molar-refractivity contribution in [2.45, 2.75) is 13.8 Å². The van der Waals surface area contributed by atoms with Crippen molar-refractivity contribution in [2.75, 3.05) is 21.7 Å². The molecule has 5 N–H and O–H groups in total. The highest BCUT2D eigenvalue weighted by atomic mass is 16.2. The Morgan fingerprint density at radius 2 is 1.38 bits per heavy atom. The molecule has 0 aliphatic carbocycles. The van der Waals surface area contributed by atoms with Gasteiger partial charge in [0.25, 0.3) is 0 Å². The molecule has 0 radical (unpaired) electrons. The number of aryl methyl sites for hydroxylation is 1. The molecular formula is C17H18N4O3. The third kappa shape index (κ3) is 4.57. The number of anilines is 4. The zero-order chi connectivity index (χ0) is 17.7. The molecule has 0 aliphatic rings. The number of nitrogen functional groups attached to an aromatic ring is 1. The van der Waals surface area contributed by atoms with Crippen LogP contribution >= 0.6 is 0 Å². The van der Waals surface area contributed by atoms with E-state index in [1.807, 2.05) is 6.92 Å². The van der Waals surface area contributed by atoms with E-state index in [1.54, 1.807) is 42.5 Å². The van der Waals surface area contributed by atoms with Gasteiger partial charge in [0.15, 0.2) is 0 Å². The monoisotopic (exact) mass is 326 g/mol. The molecule has 0 aromatic heterocycles. The van der Waals surface area contributed by atoms with Crippen molar-refractivity contribution < 1.29 is 14.4 Å². The lowest BCUT2D eigenvalue weighted by Crippen LogP contribution is -2.29. The second kappa shape index (κ2) is 7.28. The molecule has 2 rings (SSSR count). The van der Waals surface area contributed by atoms with Crippen LogP contribution in [0.25, 0.3) is 0 Å². The molecule has 0 fully saturated rings. The summed E-state index contributed by atoms with van der Waals surface area (Å²) in [5.41, 5.74) is 8.54. The molecule has 0 saturated heterocycles. The van der Waals surface area contributed by atoms with Crippen molar-refractivity contribution in [1.82, 2.24) is 0 Å². The van der Waals surface area contributed by atoms with E-state index in [2.05, 4.69) is 16.0 Å². The average molecular weight is 326 g/mol. The number of nitrogens with one attached hydrogen (secondary N) is 3. The van der Waals surface area contributed by atoms with Crippen molar-refractivity contribution in [3.8, 4) is 0 Å². The number of carbonyl (C=O) groups is 3. The van der Waals surface area contributed by atoms with Crippen molar-refractivity contribution in [3.05, 3.63) is 48.0 Å². The molecule has 0 atom stereocenters. The van der Waals surface area contributed by atoms with E-state index < -0.39 is 11.8 Å². The molecule has 0 bridgehead atoms. The highest BCUT2D eigenvalue weighted by molar-refractivity contribution is 6.43. The van der Waals surface area contributed by atoms with Crippen LogP contribution in [0.5, 0.6) is 0 Å². The van der Waals surface area contributed by atoms with Gasteiger partial charge in [-0.3, -0.25) is 14.4 Å². The molecule has 24 heavy (non-hydrogen) atoms. The van der Waals surface area contributed by atoms with Crippen molar-refractivity contribution in [1.29, 1.82) is 0 Å². The summed E-state index contributed by atoms with van der Waals surface area (Å²) in [6.45, 7) is 3.27. The lowest BCUT2D eigenvalue weighted by Gasteiger charge is -2.09. The Hall–Kier alpha value is -3.35. The second-order valence-corrected chi connectivity index (χ2v) is 5.26. The minimum atomic E-state index is -0.823. The summed E-state index contributed by atoms with van der Waals surface area (Å²) in [4.78, 5) is 34.8. The van der Waals surface area contributed by atoms with E-state index in [0.717, 1.165) is 5.56 Å². The molecule has 0 saturated carbocycles. The molecule has 7 nitrogen and oxygen atoms in total. The zero-order valence-corrected chi connectivity index (χ0v) is 13.3. The molecule has 2 aromatic carbocycles. The molecule has 0 unspecified atom stereocenters. The number of hydrogen-bond donors (Lipinski definition) is 4. The van der Waals surface area contributed by atoms with E-state index in [0.29, 0.717) is 22.7 Å². The number of amides is 3. The summed E-state index contributed by atoms with van der Waals surface area (Å²) in [6.07, 6.45) is 0. The summed E-state index contributed by atoms with van der Waals surface area (Å²) < 4.78 is 0. The van der Waals surface area contributed by atoms with Gasteiger partial charge < -0.3 is 21.7 Å². The fourth-order valence-electron chi connectivity index (χ4n) is 2.00. The maximum Gasteiger partial charge on any atom is 0.314 e. The molecule has 2 aromatic rings. The Balaban J connectivity index is 1.98. The van der Waals surface area contributed by atoms with Crippen LogP contribution < -0.4 is 21.7 Å². The lowest BCUT2D eigenvalue weighted by atomic mass is 10.2. The van der Waals surface area contributed by atoms with Gasteiger partial charge in [-0.1, -0.05) is 6.07 Å². The van der Waals surface area contributed by atoms with Gasteiger partial charge in [0.2, 0.25) is 5.91 Å². The molecule has 3 amide bonds. The first-order valence-electron chi connectivity index (χ1n) is 7.21. The number of rotatable bonds is 3. The second-order valence-electron chi connectivity index (χ2n) is 5.26. The Labute approximate surface area is 139 Å². The predicted octanol–water partition coefficient (Wildman–Crippen LogP) is 2.11. The molecule has 7 heteroatoms. The Morgan fingerprint density at radius 1 is 0.833 bits per heavy atom. The topological polar surface area (TPSA) is 113 Å². The highest BCUT2D eigenvalue weighted by Gasteiger charge is 2.15. The minimum Gasteiger partial charge on any atom is -0.397 e. The van der Waals surface area contributed by atoms with Crippen molar-refractivity contribution in [3.63, 3.8) is 0 Å². The summed E-state index contributed by atoms with van der Waals surface area (Å²) in [5, 5.41) is 7.54. The van der Waals surface area contributed by atoms with Gasteiger partial charge in [-0.05, 0) is 48.9 Å². The lowest BCUT2D eigenvalue weighted by molar-refractivity contribution is -0.132. The van der Waals surface area contributed by atoms with Crippen molar-refractivity contribution in [2.24, 2.45) is 0 Å². The third-order valence-corrected chi connectivity index (χ3v) is 3.12. The first kappa shape index (κ1) is 17.0. The van der Waals surface area contributed by atoms with E-state index in [4.69, 9.17) is 5.73 Å². The van der Waals surface area contributed by atoms with Crippen LogP contribution in [0.3, 0.4) is 0 Å².